The molecule has 2 aromatic rings. The van der Waals surface area contributed by atoms with Crippen LogP contribution in [0, 0.1) is 11.8 Å². The zero-order chi connectivity index (χ0) is 19.7. The van der Waals surface area contributed by atoms with Gasteiger partial charge in [-0.3, -0.25) is 9.10 Å². The van der Waals surface area contributed by atoms with Gasteiger partial charge in [-0.05, 0) is 67.5 Å². The van der Waals surface area contributed by atoms with Crippen LogP contribution in [0.3, 0.4) is 0 Å². The van der Waals surface area contributed by atoms with E-state index >= 15 is 0 Å². The fraction of sp³-hybridized carbons (Fsp3) is 0.381. The third-order valence-electron chi connectivity index (χ3n) is 5.82. The number of nitrogens with zero attached hydrogens (tertiary/aromatic N) is 1. The maximum Gasteiger partial charge on any atom is 0.264 e. The number of carbonyl (C=O) groups excluding carboxylic acids is 1. The molecule has 0 unspecified atom stereocenters. The predicted octanol–water partition coefficient (Wildman–Crippen LogP) is 3.95. The fourth-order valence-corrected chi connectivity index (χ4v) is 6.15. The number of benzene rings is 2. The van der Waals surface area contributed by atoms with E-state index in [1.165, 1.54) is 17.1 Å². The molecular formula is C21H23BrN2O3S. The van der Waals surface area contributed by atoms with Crippen LogP contribution in [0.5, 0.6) is 0 Å². The van der Waals surface area contributed by atoms with E-state index in [1.54, 1.807) is 54.6 Å². The van der Waals surface area contributed by atoms with Crippen molar-refractivity contribution in [2.24, 2.45) is 11.8 Å². The fourth-order valence-electron chi connectivity index (χ4n) is 4.45. The van der Waals surface area contributed by atoms with Crippen molar-refractivity contribution >= 4 is 37.5 Å². The van der Waals surface area contributed by atoms with Crippen molar-refractivity contribution in [2.45, 2.75) is 36.6 Å². The van der Waals surface area contributed by atoms with Gasteiger partial charge in [0.2, 0.25) is 5.91 Å². The summed E-state index contributed by atoms with van der Waals surface area (Å²) in [6.07, 6.45) is 4.61. The lowest BCUT2D eigenvalue weighted by molar-refractivity contribution is -0.120. The molecule has 148 valence electrons. The molecule has 5 nitrogen and oxygen atoms in total. The molecule has 0 aromatic heterocycles. The van der Waals surface area contributed by atoms with E-state index in [-0.39, 0.29) is 23.4 Å². The molecule has 0 aliphatic heterocycles. The lowest BCUT2D eigenvalue weighted by Gasteiger charge is -2.27. The topological polar surface area (TPSA) is 66.5 Å². The van der Waals surface area contributed by atoms with Crippen molar-refractivity contribution in [2.75, 3.05) is 10.8 Å². The van der Waals surface area contributed by atoms with Gasteiger partial charge < -0.3 is 5.32 Å². The number of carbonyl (C=O) groups is 1. The van der Waals surface area contributed by atoms with E-state index in [1.807, 2.05) is 0 Å². The minimum atomic E-state index is -3.85. The summed E-state index contributed by atoms with van der Waals surface area (Å²) in [5.41, 5.74) is 0.468. The number of hydrogen-bond acceptors (Lipinski definition) is 3. The van der Waals surface area contributed by atoms with Crippen LogP contribution in [-0.2, 0) is 14.8 Å². The summed E-state index contributed by atoms with van der Waals surface area (Å²) in [6, 6.07) is 15.4. The molecule has 3 atom stereocenters. The molecule has 2 aliphatic carbocycles. The van der Waals surface area contributed by atoms with E-state index in [2.05, 4.69) is 21.2 Å². The first-order chi connectivity index (χ1) is 13.4. The molecule has 4 rings (SSSR count). The maximum atomic E-state index is 13.3. The Kier molecular flexibility index (Phi) is 5.47. The molecule has 0 heterocycles. The van der Waals surface area contributed by atoms with Gasteiger partial charge >= 0.3 is 0 Å². The van der Waals surface area contributed by atoms with Crippen LogP contribution in [0.2, 0.25) is 0 Å². The molecule has 0 radical (unpaired) electrons. The van der Waals surface area contributed by atoms with Gasteiger partial charge in [-0.15, -0.1) is 0 Å². The molecule has 7 heteroatoms. The average Bonchev–Trinajstić information content (AvgIpc) is 3.31. The Morgan fingerprint density at radius 2 is 1.75 bits per heavy atom. The van der Waals surface area contributed by atoms with E-state index in [0.717, 1.165) is 17.3 Å². The van der Waals surface area contributed by atoms with Crippen molar-refractivity contribution < 1.29 is 13.2 Å². The molecule has 0 spiro atoms. The predicted molar refractivity (Wildman–Crippen MR) is 112 cm³/mol. The molecule has 1 N–H and O–H groups in total. The normalized spacial score (nSPS) is 23.5. The monoisotopic (exact) mass is 462 g/mol. The van der Waals surface area contributed by atoms with Gasteiger partial charge in [0.1, 0.15) is 6.54 Å². The van der Waals surface area contributed by atoms with Crippen LogP contribution in [-0.4, -0.2) is 26.9 Å². The van der Waals surface area contributed by atoms with Crippen LogP contribution in [0.25, 0.3) is 0 Å². The lowest BCUT2D eigenvalue weighted by Crippen LogP contribution is -2.45. The zero-order valence-corrected chi connectivity index (χ0v) is 17.8. The second kappa shape index (κ2) is 7.87. The van der Waals surface area contributed by atoms with Crippen molar-refractivity contribution in [3.63, 3.8) is 0 Å². The van der Waals surface area contributed by atoms with Crippen LogP contribution in [0.1, 0.15) is 25.7 Å². The van der Waals surface area contributed by atoms with Crippen LogP contribution >= 0.6 is 15.9 Å². The zero-order valence-electron chi connectivity index (χ0n) is 15.4. The molecular weight excluding hydrogens is 440 g/mol. The van der Waals surface area contributed by atoms with Crippen molar-refractivity contribution in [3.05, 3.63) is 59.1 Å². The van der Waals surface area contributed by atoms with E-state index in [0.29, 0.717) is 17.5 Å². The second-order valence-electron chi connectivity index (χ2n) is 7.65. The summed E-state index contributed by atoms with van der Waals surface area (Å²) >= 11 is 3.37. The number of nitrogens with one attached hydrogen (secondary N) is 1. The smallest absolute Gasteiger partial charge is 0.264 e. The van der Waals surface area contributed by atoms with Gasteiger partial charge in [-0.2, -0.15) is 0 Å². The first-order valence-electron chi connectivity index (χ1n) is 9.56. The minimum Gasteiger partial charge on any atom is -0.352 e. The standard InChI is InChI=1S/C21H23BrN2O3S/c22-17-8-10-18(11-9-17)24(28(26,27)19-4-2-1-3-5-19)14-21(25)23-20-13-15-6-7-16(20)12-15/h1-5,8-11,15-16,20H,6-7,12-14H2,(H,23,25)/t15-,16+,20+/m0/s1. The number of halogens is 1. The highest BCUT2D eigenvalue weighted by molar-refractivity contribution is 9.10. The Morgan fingerprint density at radius 1 is 1.04 bits per heavy atom. The van der Waals surface area contributed by atoms with E-state index < -0.39 is 10.0 Å². The van der Waals surface area contributed by atoms with E-state index in [4.69, 9.17) is 0 Å². The number of sulfonamides is 1. The maximum absolute atomic E-state index is 13.3. The van der Waals surface area contributed by atoms with Gasteiger partial charge in [0, 0.05) is 10.5 Å². The molecule has 1 amide bonds. The quantitative estimate of drug-likeness (QED) is 0.706. The lowest BCUT2D eigenvalue weighted by atomic mass is 9.95. The summed E-state index contributed by atoms with van der Waals surface area (Å²) in [6.45, 7) is -0.229. The Balaban J connectivity index is 1.58. The third-order valence-corrected chi connectivity index (χ3v) is 8.13. The van der Waals surface area contributed by atoms with Gasteiger partial charge in [0.15, 0.2) is 0 Å². The van der Waals surface area contributed by atoms with Crippen LogP contribution < -0.4 is 9.62 Å². The number of hydrogen-bond donors (Lipinski definition) is 1. The summed E-state index contributed by atoms with van der Waals surface area (Å²) in [7, 11) is -3.85. The Bertz CT molecular complexity index is 947. The van der Waals surface area contributed by atoms with Crippen LogP contribution in [0.15, 0.2) is 64.0 Å². The first kappa shape index (κ1) is 19.5. The molecule has 2 bridgehead atoms. The largest absolute Gasteiger partial charge is 0.352 e. The Morgan fingerprint density at radius 3 is 2.36 bits per heavy atom. The van der Waals surface area contributed by atoms with Crippen LogP contribution in [0.4, 0.5) is 5.69 Å². The van der Waals surface area contributed by atoms with Gasteiger partial charge in [-0.1, -0.05) is 40.5 Å². The molecule has 2 aromatic carbocycles. The summed E-state index contributed by atoms with van der Waals surface area (Å²) in [4.78, 5) is 12.9. The number of fused-ring (bicyclic) bond motifs is 2. The molecule has 2 aliphatic rings. The summed E-state index contributed by atoms with van der Waals surface area (Å²) < 4.78 is 28.5. The minimum absolute atomic E-state index is 0.172. The molecule has 2 saturated carbocycles. The summed E-state index contributed by atoms with van der Waals surface area (Å²) in [5.74, 6) is 1.01. The van der Waals surface area contributed by atoms with Gasteiger partial charge in [-0.25, -0.2) is 8.42 Å². The first-order valence-corrected chi connectivity index (χ1v) is 11.8. The molecule has 0 saturated heterocycles. The third kappa shape index (κ3) is 3.96. The molecule has 2 fully saturated rings. The average molecular weight is 463 g/mol. The highest BCUT2D eigenvalue weighted by Crippen LogP contribution is 2.44. The highest BCUT2D eigenvalue weighted by Gasteiger charge is 2.40. The SMILES string of the molecule is O=C(CN(c1ccc(Br)cc1)S(=O)(=O)c1ccccc1)N[C@@H]1C[C@H]2CC[C@@H]1C2. The Hall–Kier alpha value is -1.86. The van der Waals surface area contributed by atoms with Crippen molar-refractivity contribution in [1.82, 2.24) is 5.32 Å². The molecule has 28 heavy (non-hydrogen) atoms. The van der Waals surface area contributed by atoms with Gasteiger partial charge in [0.05, 0.1) is 10.6 Å². The highest BCUT2D eigenvalue weighted by atomic mass is 79.9. The number of anilines is 1. The van der Waals surface area contributed by atoms with Crippen molar-refractivity contribution in [3.8, 4) is 0 Å². The summed E-state index contributed by atoms with van der Waals surface area (Å²) in [5, 5.41) is 3.09. The van der Waals surface area contributed by atoms with Crippen molar-refractivity contribution in [1.29, 1.82) is 0 Å². The number of rotatable bonds is 6. The Labute approximate surface area is 174 Å². The van der Waals surface area contributed by atoms with Gasteiger partial charge in [0.25, 0.3) is 10.0 Å². The second-order valence-corrected chi connectivity index (χ2v) is 10.4. The number of amides is 1. The van der Waals surface area contributed by atoms with E-state index in [9.17, 15) is 13.2 Å².